The monoisotopic (exact) mass is 327 g/mol. The molecule has 0 N–H and O–H groups in total. The van der Waals surface area contributed by atoms with Crippen molar-refractivity contribution in [2.24, 2.45) is 0 Å². The van der Waals surface area contributed by atoms with Crippen LogP contribution in [0.5, 0.6) is 0 Å². The van der Waals surface area contributed by atoms with E-state index in [4.69, 9.17) is 15.9 Å². The van der Waals surface area contributed by atoms with Gasteiger partial charge in [0.15, 0.2) is 0 Å². The van der Waals surface area contributed by atoms with E-state index in [-0.39, 0.29) is 10.5 Å². The smallest absolute Gasteiger partial charge is 0.207 e. The van der Waals surface area contributed by atoms with Gasteiger partial charge in [-0.2, -0.15) is 5.26 Å². The van der Waals surface area contributed by atoms with Crippen LogP contribution in [0, 0.1) is 14.9 Å². The summed E-state index contributed by atoms with van der Waals surface area (Å²) in [6.45, 7) is 0. The Kier molecular flexibility index (Phi) is 3.16. The van der Waals surface area contributed by atoms with Gasteiger partial charge in [-0.3, -0.25) is 0 Å². The SMILES string of the molecule is N#Cc1cc(I)cc(S(=O)(=O)Cl)c1. The molecule has 0 fully saturated rings. The molecule has 0 aromatic heterocycles. The van der Waals surface area contributed by atoms with Crippen LogP contribution < -0.4 is 0 Å². The topological polar surface area (TPSA) is 57.9 Å². The van der Waals surface area contributed by atoms with Crippen LogP contribution in [0.25, 0.3) is 0 Å². The molecule has 0 saturated heterocycles. The van der Waals surface area contributed by atoms with Crippen molar-refractivity contribution in [2.45, 2.75) is 4.90 Å². The third-order valence-corrected chi connectivity index (χ3v) is 3.24. The maximum absolute atomic E-state index is 10.9. The molecule has 68 valence electrons. The molecule has 0 amide bonds. The van der Waals surface area contributed by atoms with Crippen LogP contribution in [0.15, 0.2) is 23.1 Å². The molecule has 6 heteroatoms. The predicted molar refractivity (Wildman–Crippen MR) is 56.9 cm³/mol. The quantitative estimate of drug-likeness (QED) is 0.586. The Hall–Kier alpha value is -0.320. The van der Waals surface area contributed by atoms with E-state index in [1.807, 2.05) is 28.7 Å². The van der Waals surface area contributed by atoms with Gasteiger partial charge in [0.2, 0.25) is 0 Å². The number of benzene rings is 1. The first kappa shape index (κ1) is 10.8. The van der Waals surface area contributed by atoms with Gasteiger partial charge >= 0.3 is 0 Å². The minimum absolute atomic E-state index is 0.0439. The van der Waals surface area contributed by atoms with Crippen LogP contribution in [0.4, 0.5) is 0 Å². The van der Waals surface area contributed by atoms with E-state index in [9.17, 15) is 8.42 Å². The highest BCUT2D eigenvalue weighted by Crippen LogP contribution is 2.19. The van der Waals surface area contributed by atoms with E-state index in [0.717, 1.165) is 0 Å². The van der Waals surface area contributed by atoms with Crippen LogP contribution in [-0.4, -0.2) is 8.42 Å². The standard InChI is InChI=1S/C7H3ClINO2S/c8-13(11,12)7-2-5(4-10)1-6(9)3-7/h1-3H. The average molecular weight is 328 g/mol. The number of nitrogens with zero attached hydrogens (tertiary/aromatic N) is 1. The molecule has 13 heavy (non-hydrogen) atoms. The first-order valence-electron chi connectivity index (χ1n) is 3.09. The van der Waals surface area contributed by atoms with E-state index < -0.39 is 9.05 Å². The lowest BCUT2D eigenvalue weighted by Gasteiger charge is -1.97. The minimum Gasteiger partial charge on any atom is -0.207 e. The molecule has 0 radical (unpaired) electrons. The number of hydrogen-bond acceptors (Lipinski definition) is 3. The Bertz CT molecular complexity index is 478. The summed E-state index contributed by atoms with van der Waals surface area (Å²) in [4.78, 5) is -0.0439. The molecule has 0 saturated carbocycles. The molecule has 0 heterocycles. The Morgan fingerprint density at radius 2 is 2.00 bits per heavy atom. The summed E-state index contributed by atoms with van der Waals surface area (Å²) < 4.78 is 22.5. The van der Waals surface area contributed by atoms with E-state index in [2.05, 4.69) is 0 Å². The summed E-state index contributed by atoms with van der Waals surface area (Å²) in [7, 11) is 1.38. The second kappa shape index (κ2) is 3.82. The molecule has 0 spiro atoms. The first-order chi connectivity index (χ1) is 5.93. The van der Waals surface area contributed by atoms with E-state index in [1.54, 1.807) is 6.07 Å². The molecule has 1 aromatic rings. The van der Waals surface area contributed by atoms with Gasteiger partial charge in [0.25, 0.3) is 9.05 Å². The maximum atomic E-state index is 10.9. The Morgan fingerprint density at radius 3 is 2.46 bits per heavy atom. The van der Waals surface area contributed by atoms with Gasteiger partial charge in [0, 0.05) is 14.3 Å². The summed E-state index contributed by atoms with van der Waals surface area (Å²) in [5.74, 6) is 0. The van der Waals surface area contributed by atoms with Crippen LogP contribution in [0.1, 0.15) is 5.56 Å². The minimum atomic E-state index is -3.74. The lowest BCUT2D eigenvalue weighted by Crippen LogP contribution is -1.92. The van der Waals surface area contributed by atoms with Crippen molar-refractivity contribution in [3.05, 3.63) is 27.3 Å². The number of hydrogen-bond donors (Lipinski definition) is 0. The highest BCUT2D eigenvalue weighted by molar-refractivity contribution is 14.1. The molecule has 0 unspecified atom stereocenters. The van der Waals surface area contributed by atoms with Crippen LogP contribution in [0.3, 0.4) is 0 Å². The van der Waals surface area contributed by atoms with Crippen molar-refractivity contribution in [1.82, 2.24) is 0 Å². The van der Waals surface area contributed by atoms with Crippen molar-refractivity contribution >= 4 is 42.3 Å². The summed E-state index contributed by atoms with van der Waals surface area (Å²) in [5, 5.41) is 8.56. The van der Waals surface area contributed by atoms with Gasteiger partial charge in [-0.1, -0.05) is 0 Å². The average Bonchev–Trinajstić information content (AvgIpc) is 2.01. The zero-order valence-electron chi connectivity index (χ0n) is 6.16. The highest BCUT2D eigenvalue weighted by atomic mass is 127. The van der Waals surface area contributed by atoms with Crippen LogP contribution >= 0.6 is 33.3 Å². The third-order valence-electron chi connectivity index (χ3n) is 1.28. The summed E-state index contributed by atoms with van der Waals surface area (Å²) in [5.41, 5.74) is 0.283. The summed E-state index contributed by atoms with van der Waals surface area (Å²) in [6.07, 6.45) is 0. The van der Waals surface area contributed by atoms with Crippen LogP contribution in [0.2, 0.25) is 0 Å². The molecule has 0 atom stereocenters. The van der Waals surface area contributed by atoms with Crippen molar-refractivity contribution in [3.63, 3.8) is 0 Å². The van der Waals surface area contributed by atoms with Gasteiger partial charge in [0.05, 0.1) is 16.5 Å². The Balaban J connectivity index is 3.44. The third kappa shape index (κ3) is 2.83. The fourth-order valence-corrected chi connectivity index (χ4v) is 2.45. The van der Waals surface area contributed by atoms with Crippen molar-refractivity contribution < 1.29 is 8.42 Å². The Morgan fingerprint density at radius 1 is 1.38 bits per heavy atom. The molecule has 1 aromatic carbocycles. The molecule has 0 bridgehead atoms. The van der Waals surface area contributed by atoms with Gasteiger partial charge in [-0.05, 0) is 40.8 Å². The van der Waals surface area contributed by atoms with Gasteiger partial charge in [-0.25, -0.2) is 8.42 Å². The van der Waals surface area contributed by atoms with E-state index in [1.165, 1.54) is 12.1 Å². The number of rotatable bonds is 1. The maximum Gasteiger partial charge on any atom is 0.261 e. The molecule has 3 nitrogen and oxygen atoms in total. The second-order valence-corrected chi connectivity index (χ2v) is 6.04. The fraction of sp³-hybridized carbons (Fsp3) is 0. The highest BCUT2D eigenvalue weighted by Gasteiger charge is 2.11. The lowest BCUT2D eigenvalue weighted by molar-refractivity contribution is 0.609. The normalized spacial score (nSPS) is 10.8. The second-order valence-electron chi connectivity index (χ2n) is 2.23. The Labute approximate surface area is 93.9 Å². The van der Waals surface area contributed by atoms with Crippen molar-refractivity contribution in [3.8, 4) is 6.07 Å². The molecule has 0 aliphatic carbocycles. The number of halogens is 2. The van der Waals surface area contributed by atoms with E-state index in [0.29, 0.717) is 3.57 Å². The van der Waals surface area contributed by atoms with Crippen molar-refractivity contribution in [1.29, 1.82) is 5.26 Å². The zero-order valence-corrected chi connectivity index (χ0v) is 9.89. The molecule has 0 aliphatic rings. The zero-order chi connectivity index (χ0) is 10.1. The van der Waals surface area contributed by atoms with Crippen LogP contribution in [-0.2, 0) is 9.05 Å². The van der Waals surface area contributed by atoms with E-state index >= 15 is 0 Å². The van der Waals surface area contributed by atoms with Gasteiger partial charge in [-0.15, -0.1) is 0 Å². The first-order valence-corrected chi connectivity index (χ1v) is 6.47. The molecular weight excluding hydrogens is 325 g/mol. The lowest BCUT2D eigenvalue weighted by atomic mass is 10.2. The molecular formula is C7H3ClINO2S. The molecule has 0 aliphatic heterocycles. The summed E-state index contributed by atoms with van der Waals surface area (Å²) >= 11 is 1.92. The largest absolute Gasteiger partial charge is 0.261 e. The predicted octanol–water partition coefficient (Wildman–Crippen LogP) is 2.09. The van der Waals surface area contributed by atoms with Crippen molar-refractivity contribution in [2.75, 3.05) is 0 Å². The van der Waals surface area contributed by atoms with Gasteiger partial charge < -0.3 is 0 Å². The molecule has 1 rings (SSSR count). The summed E-state index contributed by atoms with van der Waals surface area (Å²) in [6, 6.07) is 6.07. The fourth-order valence-electron chi connectivity index (χ4n) is 0.768. The van der Waals surface area contributed by atoms with Gasteiger partial charge in [0.1, 0.15) is 0 Å². The number of nitriles is 1.